The van der Waals surface area contributed by atoms with Crippen molar-refractivity contribution >= 4 is 18.0 Å². The predicted molar refractivity (Wildman–Crippen MR) is 135 cm³/mol. The first-order valence-corrected chi connectivity index (χ1v) is 12.3. The van der Waals surface area contributed by atoms with Gasteiger partial charge in [-0.3, -0.25) is 9.59 Å². The number of carbonyl (C=O) groups is 3. The molecule has 1 aliphatic rings. The lowest BCUT2D eigenvalue weighted by atomic mass is 9.94. The summed E-state index contributed by atoms with van der Waals surface area (Å²) in [5, 5.41) is 14.7. The Hall–Kier alpha value is -3.35. The van der Waals surface area contributed by atoms with Gasteiger partial charge in [0.25, 0.3) is 0 Å². The number of amides is 2. The summed E-state index contributed by atoms with van der Waals surface area (Å²) in [7, 11) is 0. The van der Waals surface area contributed by atoms with E-state index in [1.165, 1.54) is 0 Å². The second-order valence-corrected chi connectivity index (χ2v) is 10.0. The van der Waals surface area contributed by atoms with Crippen LogP contribution in [0.5, 0.6) is 0 Å². The van der Waals surface area contributed by atoms with Gasteiger partial charge in [0.2, 0.25) is 5.91 Å². The molecule has 0 radical (unpaired) electrons. The van der Waals surface area contributed by atoms with Gasteiger partial charge in [-0.1, -0.05) is 76.2 Å². The number of ether oxygens (including phenoxy) is 1. The fraction of sp³-hybridized carbons (Fsp3) is 0.464. The van der Waals surface area contributed by atoms with Gasteiger partial charge in [0.05, 0.1) is 0 Å². The van der Waals surface area contributed by atoms with Crippen LogP contribution in [0, 0.1) is 17.8 Å². The number of rotatable bonds is 11. The molecule has 3 rings (SSSR count). The third-order valence-corrected chi connectivity index (χ3v) is 6.40. The Balaban J connectivity index is 1.59. The van der Waals surface area contributed by atoms with E-state index >= 15 is 0 Å². The van der Waals surface area contributed by atoms with Crippen molar-refractivity contribution in [2.75, 3.05) is 13.2 Å². The van der Waals surface area contributed by atoms with Crippen LogP contribution in [0.25, 0.3) is 11.1 Å². The van der Waals surface area contributed by atoms with Crippen molar-refractivity contribution in [1.29, 1.82) is 0 Å². The highest BCUT2D eigenvalue weighted by Crippen LogP contribution is 2.44. The number of carboxylic acid groups (broad SMARTS) is 1. The first kappa shape index (κ1) is 26.3. The summed E-state index contributed by atoms with van der Waals surface area (Å²) in [4.78, 5) is 36.7. The number of aliphatic carboxylic acids is 1. The number of carboxylic acids is 1. The number of nitrogens with one attached hydrogen (secondary N) is 2. The van der Waals surface area contributed by atoms with Crippen LogP contribution in [-0.2, 0) is 14.3 Å². The molecule has 3 N–H and O–H groups in total. The van der Waals surface area contributed by atoms with Gasteiger partial charge in [0.15, 0.2) is 0 Å². The molecule has 0 saturated carbocycles. The molecule has 35 heavy (non-hydrogen) atoms. The Bertz CT molecular complexity index is 1000. The molecule has 0 aliphatic heterocycles. The average Bonchev–Trinajstić information content (AvgIpc) is 3.12. The number of fused-ring (bicyclic) bond motifs is 3. The molecular formula is C28H36N2O5. The SMILES string of the molecule is CC(C)C[C@H](CNC(=O)[C@H](NC(=O)OCC1c2ccccc2-c2ccccc21)C(C)C)CC(=O)O. The molecule has 7 heteroatoms. The van der Waals surface area contributed by atoms with Gasteiger partial charge < -0.3 is 20.5 Å². The van der Waals surface area contributed by atoms with E-state index in [9.17, 15) is 14.4 Å². The molecule has 7 nitrogen and oxygen atoms in total. The van der Waals surface area contributed by atoms with Crippen molar-refractivity contribution in [2.24, 2.45) is 17.8 Å². The molecule has 0 fully saturated rings. The maximum atomic E-state index is 12.9. The molecular weight excluding hydrogens is 444 g/mol. The summed E-state index contributed by atoms with van der Waals surface area (Å²) in [5.41, 5.74) is 4.53. The Morgan fingerprint density at radius 1 is 0.943 bits per heavy atom. The third-order valence-electron chi connectivity index (χ3n) is 6.40. The molecule has 1 aliphatic carbocycles. The van der Waals surface area contributed by atoms with E-state index in [0.717, 1.165) is 22.3 Å². The number of benzene rings is 2. The Kier molecular flexibility index (Phi) is 8.90. The predicted octanol–water partition coefficient (Wildman–Crippen LogP) is 4.80. The lowest BCUT2D eigenvalue weighted by molar-refractivity contribution is -0.138. The molecule has 0 saturated heterocycles. The molecule has 2 aromatic carbocycles. The Morgan fingerprint density at radius 2 is 1.51 bits per heavy atom. The quantitative estimate of drug-likeness (QED) is 0.428. The lowest BCUT2D eigenvalue weighted by Crippen LogP contribution is -2.50. The van der Waals surface area contributed by atoms with E-state index in [0.29, 0.717) is 12.3 Å². The fourth-order valence-corrected chi connectivity index (χ4v) is 4.81. The van der Waals surface area contributed by atoms with Gasteiger partial charge >= 0.3 is 12.1 Å². The summed E-state index contributed by atoms with van der Waals surface area (Å²) in [5.74, 6) is -1.31. The van der Waals surface area contributed by atoms with Crippen molar-refractivity contribution in [3.8, 4) is 11.1 Å². The van der Waals surface area contributed by atoms with Crippen molar-refractivity contribution in [3.63, 3.8) is 0 Å². The first-order chi connectivity index (χ1) is 16.7. The van der Waals surface area contributed by atoms with Crippen LogP contribution in [0.1, 0.15) is 57.6 Å². The minimum absolute atomic E-state index is 0.00931. The maximum Gasteiger partial charge on any atom is 0.407 e. The molecule has 188 valence electrons. The van der Waals surface area contributed by atoms with Crippen LogP contribution >= 0.6 is 0 Å². The van der Waals surface area contributed by atoms with Crippen LogP contribution in [0.2, 0.25) is 0 Å². The van der Waals surface area contributed by atoms with Gasteiger partial charge in [-0.05, 0) is 46.4 Å². The van der Waals surface area contributed by atoms with Gasteiger partial charge in [-0.2, -0.15) is 0 Å². The number of hydrogen-bond donors (Lipinski definition) is 3. The van der Waals surface area contributed by atoms with E-state index in [4.69, 9.17) is 9.84 Å². The Labute approximate surface area is 207 Å². The van der Waals surface area contributed by atoms with E-state index in [1.54, 1.807) is 0 Å². The minimum Gasteiger partial charge on any atom is -0.481 e. The monoisotopic (exact) mass is 480 g/mol. The second-order valence-electron chi connectivity index (χ2n) is 10.0. The van der Waals surface area contributed by atoms with Crippen LogP contribution < -0.4 is 10.6 Å². The normalized spacial score (nSPS) is 14.2. The maximum absolute atomic E-state index is 12.9. The molecule has 0 aromatic heterocycles. The van der Waals surface area contributed by atoms with Crippen LogP contribution in [0.3, 0.4) is 0 Å². The number of hydrogen-bond acceptors (Lipinski definition) is 4. The zero-order valence-corrected chi connectivity index (χ0v) is 20.9. The Morgan fingerprint density at radius 3 is 2.03 bits per heavy atom. The van der Waals surface area contributed by atoms with Crippen LogP contribution in [-0.4, -0.2) is 42.3 Å². The van der Waals surface area contributed by atoms with E-state index in [2.05, 4.69) is 34.9 Å². The molecule has 2 aromatic rings. The van der Waals surface area contributed by atoms with Gasteiger partial charge in [-0.15, -0.1) is 0 Å². The minimum atomic E-state index is -0.887. The number of alkyl carbamates (subject to hydrolysis) is 1. The summed E-state index contributed by atoms with van der Waals surface area (Å²) in [6.07, 6.45) is 0.0357. The number of carbonyl (C=O) groups excluding carboxylic acids is 2. The highest BCUT2D eigenvalue weighted by Gasteiger charge is 2.30. The van der Waals surface area contributed by atoms with Gasteiger partial charge in [-0.25, -0.2) is 4.79 Å². The zero-order chi connectivity index (χ0) is 25.5. The summed E-state index contributed by atoms with van der Waals surface area (Å²) in [6, 6.07) is 15.4. The molecule has 2 atom stereocenters. The summed E-state index contributed by atoms with van der Waals surface area (Å²) < 4.78 is 5.59. The fourth-order valence-electron chi connectivity index (χ4n) is 4.81. The van der Waals surface area contributed by atoms with E-state index in [-0.39, 0.29) is 43.2 Å². The second kappa shape index (κ2) is 11.9. The molecule has 2 amide bonds. The highest BCUT2D eigenvalue weighted by atomic mass is 16.5. The van der Waals surface area contributed by atoms with Crippen molar-refractivity contribution in [3.05, 3.63) is 59.7 Å². The summed E-state index contributed by atoms with van der Waals surface area (Å²) >= 11 is 0. The van der Waals surface area contributed by atoms with Gasteiger partial charge in [0.1, 0.15) is 12.6 Å². The standard InChI is InChI=1S/C28H36N2O5/c1-17(2)13-19(14-25(31)32)15-29-27(33)26(18(3)4)30-28(34)35-16-24-22-11-7-5-9-20(22)21-10-6-8-12-23(21)24/h5-12,17-19,24,26H,13-16H2,1-4H3,(H,29,33)(H,30,34)(H,31,32)/t19-,26+/m0/s1. The lowest BCUT2D eigenvalue weighted by Gasteiger charge is -2.24. The molecule has 0 heterocycles. The topological polar surface area (TPSA) is 105 Å². The zero-order valence-electron chi connectivity index (χ0n) is 20.9. The smallest absolute Gasteiger partial charge is 0.407 e. The first-order valence-electron chi connectivity index (χ1n) is 12.3. The largest absolute Gasteiger partial charge is 0.481 e. The van der Waals surface area contributed by atoms with E-state index in [1.807, 2.05) is 52.0 Å². The highest BCUT2D eigenvalue weighted by molar-refractivity contribution is 5.86. The molecule has 0 unspecified atom stereocenters. The molecule has 0 bridgehead atoms. The van der Waals surface area contributed by atoms with Crippen LogP contribution in [0.15, 0.2) is 48.5 Å². The summed E-state index contributed by atoms with van der Waals surface area (Å²) in [6.45, 7) is 8.15. The van der Waals surface area contributed by atoms with Crippen LogP contribution in [0.4, 0.5) is 4.79 Å². The van der Waals surface area contributed by atoms with Crippen molar-refractivity contribution in [2.45, 2.75) is 52.5 Å². The molecule has 0 spiro atoms. The van der Waals surface area contributed by atoms with Crippen molar-refractivity contribution in [1.82, 2.24) is 10.6 Å². The van der Waals surface area contributed by atoms with E-state index < -0.39 is 18.1 Å². The average molecular weight is 481 g/mol. The van der Waals surface area contributed by atoms with Crippen molar-refractivity contribution < 1.29 is 24.2 Å². The van der Waals surface area contributed by atoms with Gasteiger partial charge in [0, 0.05) is 18.9 Å². The third kappa shape index (κ3) is 6.84.